The van der Waals surface area contributed by atoms with Crippen LogP contribution in [-0.2, 0) is 0 Å². The van der Waals surface area contributed by atoms with E-state index in [9.17, 15) is 0 Å². The highest BCUT2D eigenvalue weighted by Crippen LogP contribution is 2.18. The van der Waals surface area contributed by atoms with Gasteiger partial charge in [-0.15, -0.1) is 0 Å². The zero-order chi connectivity index (χ0) is 7.78. The molecule has 0 aromatic heterocycles. The highest BCUT2D eigenvalue weighted by atomic mass is 28.2. The molecule has 3 heteroatoms. The lowest BCUT2D eigenvalue weighted by Crippen LogP contribution is -2.62. The summed E-state index contributed by atoms with van der Waals surface area (Å²) in [6, 6.07) is 0.638. The number of nitrogens with one attached hydrogen (secondary N) is 1. The molecule has 1 saturated heterocycles. The van der Waals surface area contributed by atoms with Crippen LogP contribution in [0.1, 0.15) is 20.8 Å². The van der Waals surface area contributed by atoms with Gasteiger partial charge in [0.1, 0.15) is 0 Å². The van der Waals surface area contributed by atoms with E-state index in [0.29, 0.717) is 11.6 Å². The Morgan fingerprint density at radius 1 is 1.60 bits per heavy atom. The van der Waals surface area contributed by atoms with Crippen LogP contribution in [0.5, 0.6) is 0 Å². The van der Waals surface area contributed by atoms with E-state index in [1.165, 1.54) is 16.9 Å². The first kappa shape index (κ1) is 8.24. The summed E-state index contributed by atoms with van der Waals surface area (Å²) in [4.78, 5) is 0. The Bertz CT molecular complexity index is 113. The van der Waals surface area contributed by atoms with Gasteiger partial charge < -0.3 is 9.88 Å². The number of nitrogens with zero attached hydrogens (tertiary/aromatic N) is 1. The Morgan fingerprint density at radius 3 is 2.60 bits per heavy atom. The molecule has 0 aromatic rings. The summed E-state index contributed by atoms with van der Waals surface area (Å²) in [5.74, 6) is 0. The van der Waals surface area contributed by atoms with Crippen LogP contribution in [0.25, 0.3) is 0 Å². The van der Waals surface area contributed by atoms with Crippen molar-refractivity contribution in [2.75, 3.05) is 13.1 Å². The first-order valence-corrected chi connectivity index (χ1v) is 4.89. The molecule has 0 amide bonds. The van der Waals surface area contributed by atoms with Crippen molar-refractivity contribution in [1.29, 1.82) is 0 Å². The summed E-state index contributed by atoms with van der Waals surface area (Å²) >= 11 is 0. The lowest BCUT2D eigenvalue weighted by atomic mass is 9.94. The minimum atomic E-state index is 0.379. The van der Waals surface area contributed by atoms with E-state index in [1.54, 1.807) is 0 Å². The number of rotatable bonds is 0. The minimum absolute atomic E-state index is 0.379. The molecule has 1 heterocycles. The Hall–Kier alpha value is 0.137. The van der Waals surface area contributed by atoms with Crippen molar-refractivity contribution in [3.8, 4) is 0 Å². The Morgan fingerprint density at radius 2 is 2.20 bits per heavy atom. The molecule has 0 bridgehead atoms. The van der Waals surface area contributed by atoms with E-state index < -0.39 is 0 Å². The van der Waals surface area contributed by atoms with Gasteiger partial charge in [-0.25, -0.2) is 0 Å². The van der Waals surface area contributed by atoms with Crippen LogP contribution in [0.15, 0.2) is 0 Å². The van der Waals surface area contributed by atoms with Gasteiger partial charge in [-0.1, -0.05) is 0 Å². The van der Waals surface area contributed by atoms with Crippen LogP contribution in [0.4, 0.5) is 0 Å². The average Bonchev–Trinajstić information content (AvgIpc) is 1.84. The van der Waals surface area contributed by atoms with Crippen LogP contribution in [0, 0.1) is 0 Å². The molecule has 1 aliphatic rings. The summed E-state index contributed by atoms with van der Waals surface area (Å²) in [6.07, 6.45) is 0. The lowest BCUT2D eigenvalue weighted by Gasteiger charge is -2.45. The third-order valence-electron chi connectivity index (χ3n) is 2.94. The summed E-state index contributed by atoms with van der Waals surface area (Å²) in [5, 5.41) is 3.48. The fourth-order valence-electron chi connectivity index (χ4n) is 1.32. The summed E-state index contributed by atoms with van der Waals surface area (Å²) < 4.78 is 2.55. The molecule has 0 spiro atoms. The molecule has 60 valence electrons. The molecule has 0 saturated carbocycles. The van der Waals surface area contributed by atoms with Crippen LogP contribution >= 0.6 is 0 Å². The third kappa shape index (κ3) is 1.26. The van der Waals surface area contributed by atoms with Gasteiger partial charge in [0.2, 0.25) is 0 Å². The van der Waals surface area contributed by atoms with E-state index in [2.05, 4.69) is 30.7 Å². The quantitative estimate of drug-likeness (QED) is 0.471. The zero-order valence-corrected chi connectivity index (χ0v) is 9.44. The number of hydrogen-bond acceptors (Lipinski definition) is 2. The monoisotopic (exact) mass is 158 g/mol. The van der Waals surface area contributed by atoms with Crippen molar-refractivity contribution in [1.82, 2.24) is 9.88 Å². The average molecular weight is 158 g/mol. The van der Waals surface area contributed by atoms with Gasteiger partial charge in [-0.3, -0.25) is 0 Å². The van der Waals surface area contributed by atoms with Gasteiger partial charge in [-0.05, 0) is 20.8 Å². The maximum Gasteiger partial charge on any atom is 0.0792 e. The zero-order valence-electron chi connectivity index (χ0n) is 7.44. The predicted octanol–water partition coefficient (Wildman–Crippen LogP) is -0.661. The fraction of sp³-hybridized carbons (Fsp3) is 1.00. The van der Waals surface area contributed by atoms with E-state index in [4.69, 9.17) is 0 Å². The van der Waals surface area contributed by atoms with Crippen LogP contribution in [0.3, 0.4) is 0 Å². The van der Waals surface area contributed by atoms with E-state index in [0.717, 1.165) is 6.54 Å². The van der Waals surface area contributed by atoms with E-state index in [-0.39, 0.29) is 0 Å². The van der Waals surface area contributed by atoms with Crippen molar-refractivity contribution in [2.45, 2.75) is 32.4 Å². The molecular weight excluding hydrogens is 140 g/mol. The minimum Gasteiger partial charge on any atom is -0.325 e. The number of piperazine rings is 1. The van der Waals surface area contributed by atoms with Gasteiger partial charge in [0, 0.05) is 24.7 Å². The van der Waals surface area contributed by atoms with Crippen molar-refractivity contribution in [3.63, 3.8) is 0 Å². The van der Waals surface area contributed by atoms with E-state index in [1.807, 2.05) is 0 Å². The molecule has 1 N–H and O–H groups in total. The summed E-state index contributed by atoms with van der Waals surface area (Å²) in [5.41, 5.74) is 0.379. The highest BCUT2D eigenvalue weighted by Gasteiger charge is 2.32. The Labute approximate surface area is 66.5 Å². The second-order valence-electron chi connectivity index (χ2n) is 3.75. The summed E-state index contributed by atoms with van der Waals surface area (Å²) in [7, 11) is 1.19. The molecule has 0 aromatic carbocycles. The molecule has 1 rings (SSSR count). The second-order valence-corrected chi connectivity index (χ2v) is 4.83. The molecule has 0 aliphatic carbocycles. The Balaban J connectivity index is 2.63. The first-order valence-electron chi connectivity index (χ1n) is 4.00. The molecule has 0 radical (unpaired) electrons. The lowest BCUT2D eigenvalue weighted by molar-refractivity contribution is 0.141. The van der Waals surface area contributed by atoms with Crippen molar-refractivity contribution >= 4 is 10.4 Å². The molecule has 1 fully saturated rings. The van der Waals surface area contributed by atoms with Crippen molar-refractivity contribution in [2.24, 2.45) is 0 Å². The van der Waals surface area contributed by atoms with Gasteiger partial charge in [0.05, 0.1) is 10.4 Å². The third-order valence-corrected chi connectivity index (χ3v) is 4.54. The van der Waals surface area contributed by atoms with Crippen LogP contribution in [0.2, 0.25) is 0 Å². The highest BCUT2D eigenvalue weighted by molar-refractivity contribution is 6.05. The second kappa shape index (κ2) is 2.64. The fourth-order valence-corrected chi connectivity index (χ4v) is 1.93. The van der Waals surface area contributed by atoms with Gasteiger partial charge in [0.15, 0.2) is 0 Å². The van der Waals surface area contributed by atoms with E-state index >= 15 is 0 Å². The van der Waals surface area contributed by atoms with Crippen LogP contribution < -0.4 is 5.32 Å². The molecule has 2 nitrogen and oxygen atoms in total. The van der Waals surface area contributed by atoms with Crippen molar-refractivity contribution in [3.05, 3.63) is 0 Å². The predicted molar refractivity (Wildman–Crippen MR) is 48.2 cm³/mol. The molecule has 1 aliphatic heterocycles. The standard InChI is InChI=1S/C7H18N2Si/c1-6-7(2,3)9(10)5-4-8-6/h6,8H,4-5H2,1-3,10H3. The molecule has 1 unspecified atom stereocenters. The first-order chi connectivity index (χ1) is 4.55. The summed E-state index contributed by atoms with van der Waals surface area (Å²) in [6.45, 7) is 9.29. The molecular formula is C7H18N2Si. The van der Waals surface area contributed by atoms with Gasteiger partial charge in [0.25, 0.3) is 0 Å². The van der Waals surface area contributed by atoms with Gasteiger partial charge in [-0.2, -0.15) is 0 Å². The molecule has 1 atom stereocenters. The van der Waals surface area contributed by atoms with Crippen molar-refractivity contribution < 1.29 is 0 Å². The maximum atomic E-state index is 3.48. The SMILES string of the molecule is CC1NCCN([SiH3])C1(C)C. The van der Waals surface area contributed by atoms with Gasteiger partial charge >= 0.3 is 0 Å². The maximum absolute atomic E-state index is 3.48. The smallest absolute Gasteiger partial charge is 0.0792 e. The molecule has 10 heavy (non-hydrogen) atoms. The normalized spacial score (nSPS) is 34.5. The number of hydrogen-bond donors (Lipinski definition) is 1. The topological polar surface area (TPSA) is 15.3 Å². The Kier molecular flexibility index (Phi) is 2.17. The van der Waals surface area contributed by atoms with Crippen LogP contribution in [-0.4, -0.2) is 39.6 Å². The largest absolute Gasteiger partial charge is 0.325 e.